The van der Waals surface area contributed by atoms with Gasteiger partial charge in [-0.2, -0.15) is 0 Å². The van der Waals surface area contributed by atoms with E-state index in [1.54, 1.807) is 12.1 Å². The van der Waals surface area contributed by atoms with Crippen molar-refractivity contribution >= 4 is 34.0 Å². The summed E-state index contributed by atoms with van der Waals surface area (Å²) in [5.41, 5.74) is 4.95. The van der Waals surface area contributed by atoms with E-state index in [9.17, 15) is 4.79 Å². The third-order valence-electron chi connectivity index (χ3n) is 5.03. The average molecular weight is 427 g/mol. The third kappa shape index (κ3) is 5.37. The van der Waals surface area contributed by atoms with Crippen molar-refractivity contribution in [2.75, 3.05) is 11.9 Å². The van der Waals surface area contributed by atoms with Crippen LogP contribution in [-0.2, 0) is 17.6 Å². The smallest absolute Gasteiger partial charge is 0.226 e. The van der Waals surface area contributed by atoms with Crippen LogP contribution in [0.25, 0.3) is 11.3 Å². The third-order valence-corrected chi connectivity index (χ3v) is 6.04. The Morgan fingerprint density at radius 3 is 2.72 bits per heavy atom. The van der Waals surface area contributed by atoms with Crippen LogP contribution in [0.15, 0.2) is 47.8 Å². The van der Waals surface area contributed by atoms with Gasteiger partial charge in [-0.1, -0.05) is 23.7 Å². The lowest BCUT2D eigenvalue weighted by Crippen LogP contribution is -2.12. The maximum atomic E-state index is 12.2. The minimum absolute atomic E-state index is 0.0453. The lowest BCUT2D eigenvalue weighted by atomic mass is 9.90. The highest BCUT2D eigenvalue weighted by atomic mass is 35.5. The standard InChI is InChI=1S/C23H23ClN2O2S/c24-19-9-11-20(12-10-19)28-13-3-6-22(27)26-23-25-21(15-29-23)18-8-7-16-4-1-2-5-17(16)14-18/h7-12,14-15H,1-6,13H2,(H,25,26,27). The molecule has 150 valence electrons. The number of thiazole rings is 1. The van der Waals surface area contributed by atoms with E-state index < -0.39 is 0 Å². The Kier molecular flexibility index (Phi) is 6.47. The second kappa shape index (κ2) is 9.42. The average Bonchev–Trinajstić information content (AvgIpc) is 3.20. The van der Waals surface area contributed by atoms with Gasteiger partial charge in [-0.05, 0) is 73.6 Å². The number of nitrogens with zero attached hydrogens (tertiary/aromatic N) is 1. The summed E-state index contributed by atoms with van der Waals surface area (Å²) in [7, 11) is 0. The lowest BCUT2D eigenvalue weighted by Gasteiger charge is -2.16. The van der Waals surface area contributed by atoms with Gasteiger partial charge in [0.05, 0.1) is 12.3 Å². The SMILES string of the molecule is O=C(CCCOc1ccc(Cl)cc1)Nc1nc(-c2ccc3c(c2)CCCC3)cs1. The van der Waals surface area contributed by atoms with Crippen LogP contribution in [-0.4, -0.2) is 17.5 Å². The molecule has 0 radical (unpaired) electrons. The molecule has 0 fully saturated rings. The predicted molar refractivity (Wildman–Crippen MR) is 119 cm³/mol. The molecule has 29 heavy (non-hydrogen) atoms. The molecular formula is C23H23ClN2O2S. The largest absolute Gasteiger partial charge is 0.494 e. The van der Waals surface area contributed by atoms with E-state index in [1.807, 2.05) is 17.5 Å². The van der Waals surface area contributed by atoms with Crippen molar-refractivity contribution in [3.05, 3.63) is 64.0 Å². The second-order valence-corrected chi connectivity index (χ2v) is 8.48. The van der Waals surface area contributed by atoms with Crippen LogP contribution in [0, 0.1) is 0 Å². The summed E-state index contributed by atoms with van der Waals surface area (Å²) in [6.07, 6.45) is 5.89. The van der Waals surface area contributed by atoms with Crippen molar-refractivity contribution in [3.63, 3.8) is 0 Å². The van der Waals surface area contributed by atoms with Crippen molar-refractivity contribution < 1.29 is 9.53 Å². The normalized spacial score (nSPS) is 13.0. The monoisotopic (exact) mass is 426 g/mol. The Balaban J connectivity index is 1.26. The van der Waals surface area contributed by atoms with Crippen molar-refractivity contribution in [2.24, 2.45) is 0 Å². The van der Waals surface area contributed by atoms with Crippen molar-refractivity contribution in [3.8, 4) is 17.0 Å². The number of ether oxygens (including phenoxy) is 1. The van der Waals surface area contributed by atoms with Gasteiger partial charge in [-0.3, -0.25) is 4.79 Å². The van der Waals surface area contributed by atoms with Crippen LogP contribution in [0.5, 0.6) is 5.75 Å². The molecule has 1 aliphatic rings. The predicted octanol–water partition coefficient (Wildman–Crippen LogP) is 6.14. The molecule has 1 aromatic heterocycles. The van der Waals surface area contributed by atoms with E-state index in [-0.39, 0.29) is 5.91 Å². The van der Waals surface area contributed by atoms with Gasteiger partial charge in [0, 0.05) is 22.4 Å². The summed E-state index contributed by atoms with van der Waals surface area (Å²) < 4.78 is 5.62. The molecule has 3 aromatic rings. The Hall–Kier alpha value is -2.37. The summed E-state index contributed by atoms with van der Waals surface area (Å²) in [6, 6.07) is 13.8. The molecule has 0 spiro atoms. The number of aryl methyl sites for hydroxylation is 2. The number of amides is 1. The number of anilines is 1. The molecule has 0 aliphatic heterocycles. The highest BCUT2D eigenvalue weighted by molar-refractivity contribution is 7.14. The maximum absolute atomic E-state index is 12.2. The molecule has 4 rings (SSSR count). The zero-order chi connectivity index (χ0) is 20.1. The topological polar surface area (TPSA) is 51.2 Å². The van der Waals surface area contributed by atoms with Gasteiger partial charge in [0.1, 0.15) is 5.75 Å². The fraction of sp³-hybridized carbons (Fsp3) is 0.304. The van der Waals surface area contributed by atoms with E-state index in [1.165, 1.54) is 41.7 Å². The molecule has 1 heterocycles. The van der Waals surface area contributed by atoms with Crippen LogP contribution >= 0.6 is 22.9 Å². The zero-order valence-corrected chi connectivity index (χ0v) is 17.7. The molecule has 0 saturated heterocycles. The van der Waals surface area contributed by atoms with E-state index in [4.69, 9.17) is 16.3 Å². The summed E-state index contributed by atoms with van der Waals surface area (Å²) in [4.78, 5) is 16.8. The van der Waals surface area contributed by atoms with Gasteiger partial charge in [-0.15, -0.1) is 11.3 Å². The minimum Gasteiger partial charge on any atom is -0.494 e. The van der Waals surface area contributed by atoms with Crippen LogP contribution in [0.4, 0.5) is 5.13 Å². The minimum atomic E-state index is -0.0453. The number of halogens is 1. The molecule has 0 saturated carbocycles. The molecule has 0 atom stereocenters. The zero-order valence-electron chi connectivity index (χ0n) is 16.1. The number of aromatic nitrogens is 1. The van der Waals surface area contributed by atoms with Crippen LogP contribution in [0.2, 0.25) is 5.02 Å². The van der Waals surface area contributed by atoms with Crippen molar-refractivity contribution in [2.45, 2.75) is 38.5 Å². The van der Waals surface area contributed by atoms with E-state index in [0.717, 1.165) is 23.4 Å². The highest BCUT2D eigenvalue weighted by Gasteiger charge is 2.12. The summed E-state index contributed by atoms with van der Waals surface area (Å²) in [6.45, 7) is 0.479. The Labute approximate surface area is 179 Å². The van der Waals surface area contributed by atoms with Crippen LogP contribution < -0.4 is 10.1 Å². The quantitative estimate of drug-likeness (QED) is 0.461. The lowest BCUT2D eigenvalue weighted by molar-refractivity contribution is -0.116. The molecule has 0 bridgehead atoms. The molecule has 1 N–H and O–H groups in total. The number of hydrogen-bond acceptors (Lipinski definition) is 4. The maximum Gasteiger partial charge on any atom is 0.226 e. The Morgan fingerprint density at radius 2 is 1.90 bits per heavy atom. The molecular weight excluding hydrogens is 404 g/mol. The number of carbonyl (C=O) groups excluding carboxylic acids is 1. The fourth-order valence-corrected chi connectivity index (χ4v) is 4.35. The van der Waals surface area contributed by atoms with Gasteiger partial charge < -0.3 is 10.1 Å². The molecule has 4 nitrogen and oxygen atoms in total. The van der Waals surface area contributed by atoms with Gasteiger partial charge in [0.2, 0.25) is 5.91 Å². The molecule has 2 aromatic carbocycles. The fourth-order valence-electron chi connectivity index (χ4n) is 3.49. The van der Waals surface area contributed by atoms with Crippen molar-refractivity contribution in [1.29, 1.82) is 0 Å². The number of hydrogen-bond donors (Lipinski definition) is 1. The highest BCUT2D eigenvalue weighted by Crippen LogP contribution is 2.29. The number of carbonyl (C=O) groups is 1. The number of benzene rings is 2. The Morgan fingerprint density at radius 1 is 1.10 bits per heavy atom. The summed E-state index contributed by atoms with van der Waals surface area (Å²) in [5, 5.41) is 6.22. The Bertz CT molecular complexity index is 985. The van der Waals surface area contributed by atoms with Gasteiger partial charge in [0.25, 0.3) is 0 Å². The number of fused-ring (bicyclic) bond motifs is 1. The van der Waals surface area contributed by atoms with Crippen LogP contribution in [0.3, 0.4) is 0 Å². The first-order valence-electron chi connectivity index (χ1n) is 9.93. The first kappa shape index (κ1) is 19.9. The molecule has 1 amide bonds. The van der Waals surface area contributed by atoms with Crippen molar-refractivity contribution in [1.82, 2.24) is 4.98 Å². The van der Waals surface area contributed by atoms with E-state index in [2.05, 4.69) is 28.5 Å². The number of rotatable bonds is 7. The molecule has 1 aliphatic carbocycles. The molecule has 6 heteroatoms. The van der Waals surface area contributed by atoms with Gasteiger partial charge >= 0.3 is 0 Å². The van der Waals surface area contributed by atoms with Gasteiger partial charge in [-0.25, -0.2) is 4.98 Å². The van der Waals surface area contributed by atoms with E-state index >= 15 is 0 Å². The van der Waals surface area contributed by atoms with Gasteiger partial charge in [0.15, 0.2) is 5.13 Å². The second-order valence-electron chi connectivity index (χ2n) is 7.18. The van der Waals surface area contributed by atoms with Crippen LogP contribution in [0.1, 0.15) is 36.8 Å². The summed E-state index contributed by atoms with van der Waals surface area (Å²) >= 11 is 7.31. The first-order valence-corrected chi connectivity index (χ1v) is 11.2. The summed E-state index contributed by atoms with van der Waals surface area (Å²) in [5.74, 6) is 0.709. The van der Waals surface area contributed by atoms with E-state index in [0.29, 0.717) is 29.6 Å². The molecule has 0 unspecified atom stereocenters. The first-order chi connectivity index (χ1) is 14.2. The number of nitrogens with one attached hydrogen (secondary N) is 1.